The Labute approximate surface area is 166 Å². The molecule has 1 heterocycles. The molecular formula is C20H24F3NO3S. The zero-order valence-electron chi connectivity index (χ0n) is 15.9. The molecule has 1 aromatic heterocycles. The molecule has 2 atom stereocenters. The Morgan fingerprint density at radius 3 is 2.43 bits per heavy atom. The van der Waals surface area contributed by atoms with Crippen LogP contribution in [0.4, 0.5) is 13.2 Å². The fourth-order valence-corrected chi connectivity index (χ4v) is 3.68. The van der Waals surface area contributed by atoms with Gasteiger partial charge in [0.15, 0.2) is 6.10 Å². The molecule has 0 bridgehead atoms. The van der Waals surface area contributed by atoms with Crippen molar-refractivity contribution in [1.29, 1.82) is 0 Å². The van der Waals surface area contributed by atoms with Crippen LogP contribution in [0.15, 0.2) is 41.9 Å². The average molecular weight is 415 g/mol. The molecule has 0 saturated heterocycles. The number of aromatic nitrogens is 1. The van der Waals surface area contributed by atoms with Gasteiger partial charge in [0.25, 0.3) is 5.60 Å². The molecule has 0 spiro atoms. The average Bonchev–Trinajstić information content (AvgIpc) is 3.19. The molecule has 0 saturated carbocycles. The molecule has 0 fully saturated rings. The molecule has 0 aliphatic rings. The molecule has 1 aromatic carbocycles. The second-order valence-electron chi connectivity index (χ2n) is 6.36. The molecule has 0 aliphatic heterocycles. The zero-order chi connectivity index (χ0) is 20.6. The molecule has 0 unspecified atom stereocenters. The summed E-state index contributed by atoms with van der Waals surface area (Å²) in [5.74, 6) is -1.48. The van der Waals surface area contributed by atoms with Gasteiger partial charge in [-0.25, -0.2) is 9.78 Å². The lowest BCUT2D eigenvalue weighted by molar-refractivity contribution is -0.278. The van der Waals surface area contributed by atoms with Crippen molar-refractivity contribution < 1.29 is 27.4 Å². The lowest BCUT2D eigenvalue weighted by Gasteiger charge is -2.33. The van der Waals surface area contributed by atoms with Crippen LogP contribution in [-0.4, -0.2) is 24.2 Å². The third kappa shape index (κ3) is 4.91. The van der Waals surface area contributed by atoms with Crippen molar-refractivity contribution in [3.63, 3.8) is 0 Å². The fourth-order valence-electron chi connectivity index (χ4n) is 2.98. The van der Waals surface area contributed by atoms with Crippen molar-refractivity contribution in [1.82, 2.24) is 4.98 Å². The van der Waals surface area contributed by atoms with Crippen molar-refractivity contribution in [2.75, 3.05) is 7.11 Å². The highest BCUT2D eigenvalue weighted by atomic mass is 32.1. The summed E-state index contributed by atoms with van der Waals surface area (Å²) >= 11 is 1.25. The lowest BCUT2D eigenvalue weighted by Crippen LogP contribution is -2.52. The highest BCUT2D eigenvalue weighted by Crippen LogP contribution is 2.44. The zero-order valence-corrected chi connectivity index (χ0v) is 16.7. The van der Waals surface area contributed by atoms with Gasteiger partial charge in [0.05, 0.1) is 0 Å². The van der Waals surface area contributed by atoms with Gasteiger partial charge in [-0.05, 0) is 12.8 Å². The smallest absolute Gasteiger partial charge is 0.432 e. The number of ether oxygens (including phenoxy) is 2. The second kappa shape index (κ2) is 10.0. The van der Waals surface area contributed by atoms with Gasteiger partial charge in [-0.3, -0.25) is 0 Å². The number of rotatable bonds is 10. The van der Waals surface area contributed by atoms with E-state index < -0.39 is 23.9 Å². The van der Waals surface area contributed by atoms with Crippen molar-refractivity contribution >= 4 is 17.3 Å². The van der Waals surface area contributed by atoms with Crippen LogP contribution in [-0.2, 0) is 19.9 Å². The number of unbranched alkanes of at least 4 members (excludes halogenated alkanes) is 3. The number of hydrogen-bond donors (Lipinski definition) is 0. The van der Waals surface area contributed by atoms with E-state index in [2.05, 4.69) is 11.9 Å². The minimum atomic E-state index is -4.99. The van der Waals surface area contributed by atoms with E-state index in [-0.39, 0.29) is 5.56 Å². The number of hydrogen-bond acceptors (Lipinski definition) is 5. The normalized spacial score (nSPS) is 15.0. The number of benzene rings is 1. The van der Waals surface area contributed by atoms with Crippen molar-refractivity contribution in [2.45, 2.75) is 56.9 Å². The van der Waals surface area contributed by atoms with E-state index in [4.69, 9.17) is 9.47 Å². The maximum Gasteiger partial charge on any atom is 0.432 e. The van der Waals surface area contributed by atoms with Crippen LogP contribution < -0.4 is 0 Å². The standard InChI is InChI=1S/C20H24F3NO3S/c1-3-4-5-9-12-16(17-24-13-14-28-17)27-18(25)19(26-2,20(21,22)23)15-10-7-6-8-11-15/h6-8,10-11,13-14,16H,3-5,9,12H2,1-2H3/t16-,19+/m1/s1. The Bertz CT molecular complexity index is 722. The number of alkyl halides is 3. The number of carbonyl (C=O) groups is 1. The summed E-state index contributed by atoms with van der Waals surface area (Å²) in [6.07, 6.45) is -0.223. The summed E-state index contributed by atoms with van der Waals surface area (Å²) < 4.78 is 52.2. The van der Waals surface area contributed by atoms with Crippen molar-refractivity contribution in [3.8, 4) is 0 Å². The minimum Gasteiger partial charge on any atom is -0.452 e. The van der Waals surface area contributed by atoms with Crippen LogP contribution in [0.1, 0.15) is 55.7 Å². The summed E-state index contributed by atoms with van der Waals surface area (Å²) in [5, 5.41) is 2.18. The molecule has 8 heteroatoms. The van der Waals surface area contributed by atoms with E-state index in [1.807, 2.05) is 0 Å². The third-order valence-corrected chi connectivity index (χ3v) is 5.34. The van der Waals surface area contributed by atoms with Crippen LogP contribution in [0.5, 0.6) is 0 Å². The highest BCUT2D eigenvalue weighted by molar-refractivity contribution is 7.09. The van der Waals surface area contributed by atoms with E-state index in [0.29, 0.717) is 11.4 Å². The predicted molar refractivity (Wildman–Crippen MR) is 101 cm³/mol. The van der Waals surface area contributed by atoms with Crippen LogP contribution in [0.3, 0.4) is 0 Å². The Kier molecular flexibility index (Phi) is 8.00. The summed E-state index contributed by atoms with van der Waals surface area (Å²) in [5.41, 5.74) is -3.51. The molecular weight excluding hydrogens is 391 g/mol. The molecule has 0 amide bonds. The van der Waals surface area contributed by atoms with Gasteiger partial charge in [0.1, 0.15) is 5.01 Å². The van der Waals surface area contributed by atoms with Crippen LogP contribution >= 0.6 is 11.3 Å². The molecule has 28 heavy (non-hydrogen) atoms. The SMILES string of the molecule is CCCCCC[C@@H](OC(=O)[C@@](OC)(c1ccccc1)C(F)(F)F)c1nccs1. The largest absolute Gasteiger partial charge is 0.452 e. The first-order valence-corrected chi connectivity index (χ1v) is 10.0. The monoisotopic (exact) mass is 415 g/mol. The topological polar surface area (TPSA) is 48.4 Å². The first kappa shape index (κ1) is 22.4. The fraction of sp³-hybridized carbons (Fsp3) is 0.500. The number of carbonyl (C=O) groups excluding carboxylic acids is 1. The van der Waals surface area contributed by atoms with Gasteiger partial charge < -0.3 is 9.47 Å². The van der Waals surface area contributed by atoms with Gasteiger partial charge in [0.2, 0.25) is 0 Å². The summed E-state index contributed by atoms with van der Waals surface area (Å²) in [4.78, 5) is 17.0. The van der Waals surface area contributed by atoms with Gasteiger partial charge in [-0.1, -0.05) is 56.5 Å². The van der Waals surface area contributed by atoms with Crippen molar-refractivity contribution in [3.05, 3.63) is 52.5 Å². The molecule has 2 aromatic rings. The first-order valence-electron chi connectivity index (χ1n) is 9.14. The number of esters is 1. The predicted octanol–water partition coefficient (Wildman–Crippen LogP) is 5.80. The molecule has 4 nitrogen and oxygen atoms in total. The highest BCUT2D eigenvalue weighted by Gasteiger charge is 2.64. The molecule has 0 aliphatic carbocycles. The van der Waals surface area contributed by atoms with E-state index in [0.717, 1.165) is 32.8 Å². The maximum absolute atomic E-state index is 14.0. The van der Waals surface area contributed by atoms with E-state index in [1.54, 1.807) is 11.4 Å². The van der Waals surface area contributed by atoms with Crippen LogP contribution in [0.2, 0.25) is 0 Å². The van der Waals surface area contributed by atoms with Crippen LogP contribution in [0, 0.1) is 0 Å². The summed E-state index contributed by atoms with van der Waals surface area (Å²) in [6.45, 7) is 2.06. The quantitative estimate of drug-likeness (QED) is 0.363. The Morgan fingerprint density at radius 2 is 1.89 bits per heavy atom. The number of halogens is 3. The Hall–Kier alpha value is -1.93. The third-order valence-electron chi connectivity index (χ3n) is 4.47. The summed E-state index contributed by atoms with van der Waals surface area (Å²) in [6, 6.07) is 6.82. The van der Waals surface area contributed by atoms with Crippen molar-refractivity contribution in [2.24, 2.45) is 0 Å². The molecule has 2 rings (SSSR count). The van der Waals surface area contributed by atoms with Gasteiger partial charge >= 0.3 is 12.1 Å². The van der Waals surface area contributed by atoms with Gasteiger partial charge in [-0.2, -0.15) is 13.2 Å². The van der Waals surface area contributed by atoms with E-state index in [9.17, 15) is 18.0 Å². The molecule has 0 N–H and O–H groups in total. The number of thiazole rings is 1. The van der Waals surface area contributed by atoms with Crippen LogP contribution in [0.25, 0.3) is 0 Å². The molecule has 154 valence electrons. The van der Waals surface area contributed by atoms with E-state index in [1.165, 1.54) is 41.8 Å². The summed E-state index contributed by atoms with van der Waals surface area (Å²) in [7, 11) is 0.862. The first-order chi connectivity index (χ1) is 13.4. The van der Waals surface area contributed by atoms with E-state index >= 15 is 0 Å². The Balaban J connectivity index is 2.31. The van der Waals surface area contributed by atoms with Gasteiger partial charge in [-0.15, -0.1) is 11.3 Å². The maximum atomic E-state index is 14.0. The minimum absolute atomic E-state index is 0.320. The number of methoxy groups -OCH3 is 1. The number of nitrogens with zero attached hydrogens (tertiary/aromatic N) is 1. The Morgan fingerprint density at radius 1 is 1.18 bits per heavy atom. The van der Waals surface area contributed by atoms with Gasteiger partial charge in [0, 0.05) is 24.3 Å². The second-order valence-corrected chi connectivity index (χ2v) is 7.29. The lowest BCUT2D eigenvalue weighted by atomic mass is 9.92. The molecule has 0 radical (unpaired) electrons.